The molecule has 1 N–H and O–H groups in total. The van der Waals surface area contributed by atoms with Crippen LogP contribution >= 0.6 is 11.5 Å². The van der Waals surface area contributed by atoms with Gasteiger partial charge in [-0.05, 0) is 36.1 Å². The van der Waals surface area contributed by atoms with Crippen molar-refractivity contribution >= 4 is 27.2 Å². The average Bonchev–Trinajstić information content (AvgIpc) is 2.74. The lowest BCUT2D eigenvalue weighted by molar-refractivity contribution is 0.593. The van der Waals surface area contributed by atoms with Gasteiger partial charge in [-0.15, -0.1) is 0 Å². The Kier molecular flexibility index (Phi) is 2.64. The lowest BCUT2D eigenvalue weighted by Gasteiger charge is -2.12. The number of aromatic nitrogens is 1. The normalized spacial score (nSPS) is 16.2. The average molecular weight is 252 g/mol. The van der Waals surface area contributed by atoms with E-state index < -0.39 is 11.6 Å². The first-order valence-corrected chi connectivity index (χ1v) is 6.17. The maximum absolute atomic E-state index is 13.5. The first-order valence-electron chi connectivity index (χ1n) is 5.40. The van der Waals surface area contributed by atoms with Gasteiger partial charge in [0.1, 0.15) is 11.6 Å². The summed E-state index contributed by atoms with van der Waals surface area (Å²) in [6.45, 7) is 1.64. The van der Waals surface area contributed by atoms with Crippen LogP contribution in [0.25, 0.3) is 15.7 Å². The minimum Gasteiger partial charge on any atom is -0.312 e. The second-order valence-electron chi connectivity index (χ2n) is 3.99. The van der Waals surface area contributed by atoms with Crippen molar-refractivity contribution in [3.8, 4) is 0 Å². The van der Waals surface area contributed by atoms with Crippen molar-refractivity contribution in [3.63, 3.8) is 0 Å². The van der Waals surface area contributed by atoms with Crippen molar-refractivity contribution < 1.29 is 8.78 Å². The van der Waals surface area contributed by atoms with Crippen molar-refractivity contribution in [2.75, 3.05) is 13.1 Å². The molecule has 0 atom stereocenters. The number of hydrogen-bond acceptors (Lipinski definition) is 3. The highest BCUT2D eigenvalue weighted by Crippen LogP contribution is 2.31. The quantitative estimate of drug-likeness (QED) is 0.844. The molecule has 17 heavy (non-hydrogen) atoms. The topological polar surface area (TPSA) is 24.9 Å². The highest BCUT2D eigenvalue weighted by atomic mass is 32.1. The lowest BCUT2D eigenvalue weighted by atomic mass is 10.0. The summed E-state index contributed by atoms with van der Waals surface area (Å²) in [5.41, 5.74) is 1.73. The Morgan fingerprint density at radius 1 is 1.29 bits per heavy atom. The molecule has 0 radical (unpaired) electrons. The van der Waals surface area contributed by atoms with Crippen molar-refractivity contribution in [1.82, 2.24) is 9.69 Å². The molecule has 88 valence electrons. The van der Waals surface area contributed by atoms with E-state index in [1.54, 1.807) is 0 Å². The van der Waals surface area contributed by atoms with Gasteiger partial charge in [0.25, 0.3) is 0 Å². The molecule has 0 saturated heterocycles. The molecule has 1 aromatic heterocycles. The van der Waals surface area contributed by atoms with Gasteiger partial charge < -0.3 is 5.32 Å². The van der Waals surface area contributed by atoms with E-state index in [4.69, 9.17) is 0 Å². The van der Waals surface area contributed by atoms with Gasteiger partial charge in [0, 0.05) is 18.0 Å². The second kappa shape index (κ2) is 4.16. The summed E-state index contributed by atoms with van der Waals surface area (Å²) < 4.78 is 31.4. The summed E-state index contributed by atoms with van der Waals surface area (Å²) in [6.07, 6.45) is 3.00. The minimum absolute atomic E-state index is 0.424. The van der Waals surface area contributed by atoms with Gasteiger partial charge in [0.05, 0.1) is 10.4 Å². The number of nitrogens with one attached hydrogen (secondary N) is 1. The fourth-order valence-electron chi connectivity index (χ4n) is 2.03. The maximum Gasteiger partial charge on any atom is 0.145 e. The predicted molar refractivity (Wildman–Crippen MR) is 65.0 cm³/mol. The van der Waals surface area contributed by atoms with Gasteiger partial charge in [-0.1, -0.05) is 6.08 Å². The molecule has 0 amide bonds. The van der Waals surface area contributed by atoms with Crippen molar-refractivity contribution in [2.24, 2.45) is 0 Å². The molecule has 1 aliphatic heterocycles. The SMILES string of the molecule is Fc1cc(F)c2snc(C3=CCCNC3)c2c1. The van der Waals surface area contributed by atoms with Crippen LogP contribution in [0.15, 0.2) is 18.2 Å². The summed E-state index contributed by atoms with van der Waals surface area (Å²) in [7, 11) is 0. The van der Waals surface area contributed by atoms with E-state index in [1.807, 2.05) is 0 Å². The van der Waals surface area contributed by atoms with Gasteiger partial charge in [0.15, 0.2) is 0 Å². The molecule has 2 nitrogen and oxygen atoms in total. The number of hydrogen-bond donors (Lipinski definition) is 1. The summed E-state index contributed by atoms with van der Waals surface area (Å²) in [5.74, 6) is -1.09. The fourth-order valence-corrected chi connectivity index (χ4v) is 2.82. The van der Waals surface area contributed by atoms with Gasteiger partial charge in [0.2, 0.25) is 0 Å². The third kappa shape index (κ3) is 1.85. The van der Waals surface area contributed by atoms with Crippen molar-refractivity contribution in [1.29, 1.82) is 0 Å². The third-order valence-electron chi connectivity index (χ3n) is 2.82. The van der Waals surface area contributed by atoms with Gasteiger partial charge in [-0.25, -0.2) is 8.78 Å². The minimum atomic E-state index is -0.555. The summed E-state index contributed by atoms with van der Waals surface area (Å²) in [4.78, 5) is 0. The predicted octanol–water partition coefficient (Wildman–Crippen LogP) is 2.95. The molecule has 0 spiro atoms. The Morgan fingerprint density at radius 2 is 2.18 bits per heavy atom. The molecule has 0 unspecified atom stereocenters. The number of halogens is 2. The zero-order valence-corrected chi connectivity index (χ0v) is 9.78. The Labute approximate surface area is 101 Å². The van der Waals surface area contributed by atoms with Gasteiger partial charge in [-0.3, -0.25) is 0 Å². The first kappa shape index (κ1) is 10.8. The van der Waals surface area contributed by atoms with Crippen LogP contribution in [-0.4, -0.2) is 17.5 Å². The zero-order valence-electron chi connectivity index (χ0n) is 8.96. The highest BCUT2D eigenvalue weighted by Gasteiger charge is 2.16. The molecular weight excluding hydrogens is 242 g/mol. The third-order valence-corrected chi connectivity index (χ3v) is 3.69. The van der Waals surface area contributed by atoms with E-state index in [2.05, 4.69) is 15.8 Å². The molecule has 0 bridgehead atoms. The molecule has 3 rings (SSSR count). The Bertz CT molecular complexity index is 604. The molecule has 1 aromatic carbocycles. The number of benzene rings is 1. The van der Waals surface area contributed by atoms with E-state index in [0.717, 1.165) is 36.1 Å². The van der Waals surface area contributed by atoms with E-state index in [9.17, 15) is 8.78 Å². The Balaban J connectivity index is 2.20. The van der Waals surface area contributed by atoms with Crippen LogP contribution in [0.1, 0.15) is 12.1 Å². The number of rotatable bonds is 1. The largest absolute Gasteiger partial charge is 0.312 e. The maximum atomic E-state index is 13.5. The molecule has 0 aliphatic carbocycles. The smallest absolute Gasteiger partial charge is 0.145 e. The van der Waals surface area contributed by atoms with Crippen LogP contribution in [0, 0.1) is 11.6 Å². The van der Waals surface area contributed by atoms with Gasteiger partial charge >= 0.3 is 0 Å². The van der Waals surface area contributed by atoms with Crippen LogP contribution in [-0.2, 0) is 0 Å². The molecule has 2 aromatic rings. The Hall–Kier alpha value is -1.33. The van der Waals surface area contributed by atoms with Gasteiger partial charge in [-0.2, -0.15) is 4.37 Å². The van der Waals surface area contributed by atoms with E-state index >= 15 is 0 Å². The van der Waals surface area contributed by atoms with Crippen LogP contribution in [0.2, 0.25) is 0 Å². The fraction of sp³-hybridized carbons (Fsp3) is 0.250. The van der Waals surface area contributed by atoms with Crippen LogP contribution in [0.5, 0.6) is 0 Å². The van der Waals surface area contributed by atoms with E-state index in [-0.39, 0.29) is 0 Å². The number of nitrogens with zero attached hydrogens (tertiary/aromatic N) is 1. The van der Waals surface area contributed by atoms with Crippen LogP contribution in [0.3, 0.4) is 0 Å². The van der Waals surface area contributed by atoms with Crippen LogP contribution < -0.4 is 5.32 Å². The zero-order chi connectivity index (χ0) is 11.8. The standard InChI is InChI=1S/C12H10F2N2S/c13-8-4-9-11(7-2-1-3-15-6-7)16-17-12(9)10(14)5-8/h2,4-5,15H,1,3,6H2. The molecule has 1 aliphatic rings. The summed E-state index contributed by atoms with van der Waals surface area (Å²) in [5, 5.41) is 3.80. The number of fused-ring (bicyclic) bond motifs is 1. The first-order chi connectivity index (χ1) is 8.25. The molecule has 5 heteroatoms. The van der Waals surface area contributed by atoms with E-state index in [0.29, 0.717) is 22.3 Å². The van der Waals surface area contributed by atoms with Crippen molar-refractivity contribution in [2.45, 2.75) is 6.42 Å². The van der Waals surface area contributed by atoms with E-state index in [1.165, 1.54) is 6.07 Å². The summed E-state index contributed by atoms with van der Waals surface area (Å²) in [6, 6.07) is 2.25. The highest BCUT2D eigenvalue weighted by molar-refractivity contribution is 7.13. The van der Waals surface area contributed by atoms with Crippen LogP contribution in [0.4, 0.5) is 8.78 Å². The lowest BCUT2D eigenvalue weighted by Crippen LogP contribution is -2.21. The Morgan fingerprint density at radius 3 is 2.94 bits per heavy atom. The summed E-state index contributed by atoms with van der Waals surface area (Å²) >= 11 is 1.08. The van der Waals surface area contributed by atoms with Crippen molar-refractivity contribution in [3.05, 3.63) is 35.5 Å². The molecule has 0 fully saturated rings. The molecule has 0 saturated carbocycles. The molecular formula is C12H10F2N2S. The monoisotopic (exact) mass is 252 g/mol. The second-order valence-corrected chi connectivity index (χ2v) is 4.76. The molecule has 2 heterocycles.